The summed E-state index contributed by atoms with van der Waals surface area (Å²) in [5.41, 5.74) is 3.10. The summed E-state index contributed by atoms with van der Waals surface area (Å²) >= 11 is 0. The van der Waals surface area contributed by atoms with Crippen molar-refractivity contribution < 1.29 is 18.9 Å². The van der Waals surface area contributed by atoms with Crippen LogP contribution in [0.2, 0.25) is 0 Å². The third kappa shape index (κ3) is 5.10. The van der Waals surface area contributed by atoms with E-state index in [0.29, 0.717) is 18.9 Å². The Hall–Kier alpha value is -3.34. The zero-order valence-electron chi connectivity index (χ0n) is 16.4. The molecule has 146 valence electrons. The van der Waals surface area contributed by atoms with Gasteiger partial charge < -0.3 is 24.3 Å². The predicted octanol–water partition coefficient (Wildman–Crippen LogP) is 4.90. The SMILES string of the molecule is COc1cc(NCc2ccc(OCc3ccccc3)c(OC)c2)cc(OC)c1. The van der Waals surface area contributed by atoms with Crippen LogP contribution in [0.15, 0.2) is 66.7 Å². The van der Waals surface area contributed by atoms with Crippen molar-refractivity contribution in [2.75, 3.05) is 26.6 Å². The summed E-state index contributed by atoms with van der Waals surface area (Å²) in [7, 11) is 4.92. The van der Waals surface area contributed by atoms with Crippen molar-refractivity contribution in [3.05, 3.63) is 77.9 Å². The van der Waals surface area contributed by atoms with E-state index in [4.69, 9.17) is 18.9 Å². The van der Waals surface area contributed by atoms with Crippen molar-refractivity contribution in [3.63, 3.8) is 0 Å². The lowest BCUT2D eigenvalue weighted by Crippen LogP contribution is -2.02. The predicted molar refractivity (Wildman–Crippen MR) is 111 cm³/mol. The van der Waals surface area contributed by atoms with E-state index in [1.165, 1.54) is 0 Å². The molecule has 3 aromatic carbocycles. The summed E-state index contributed by atoms with van der Waals surface area (Å²) in [5.74, 6) is 2.91. The number of rotatable bonds is 9. The van der Waals surface area contributed by atoms with Crippen LogP contribution in [0, 0.1) is 0 Å². The van der Waals surface area contributed by atoms with Gasteiger partial charge in [0, 0.05) is 30.4 Å². The zero-order valence-corrected chi connectivity index (χ0v) is 16.4. The molecule has 0 saturated carbocycles. The van der Waals surface area contributed by atoms with E-state index in [1.54, 1.807) is 21.3 Å². The maximum absolute atomic E-state index is 5.91. The molecule has 5 heteroatoms. The smallest absolute Gasteiger partial charge is 0.161 e. The number of ether oxygens (including phenoxy) is 4. The Balaban J connectivity index is 1.66. The largest absolute Gasteiger partial charge is 0.497 e. The summed E-state index contributed by atoms with van der Waals surface area (Å²) in [6.45, 7) is 1.13. The van der Waals surface area contributed by atoms with Crippen LogP contribution in [-0.4, -0.2) is 21.3 Å². The molecule has 0 aliphatic carbocycles. The molecule has 5 nitrogen and oxygen atoms in total. The minimum atomic E-state index is 0.498. The highest BCUT2D eigenvalue weighted by Crippen LogP contribution is 2.30. The molecule has 0 fully saturated rings. The van der Waals surface area contributed by atoms with Gasteiger partial charge in [0.15, 0.2) is 11.5 Å². The number of anilines is 1. The van der Waals surface area contributed by atoms with Crippen molar-refractivity contribution in [2.24, 2.45) is 0 Å². The zero-order chi connectivity index (χ0) is 19.8. The van der Waals surface area contributed by atoms with Gasteiger partial charge >= 0.3 is 0 Å². The van der Waals surface area contributed by atoms with Crippen molar-refractivity contribution in [3.8, 4) is 23.0 Å². The van der Waals surface area contributed by atoms with Gasteiger partial charge in [0.2, 0.25) is 0 Å². The highest BCUT2D eigenvalue weighted by atomic mass is 16.5. The molecule has 28 heavy (non-hydrogen) atoms. The third-order valence-electron chi connectivity index (χ3n) is 4.31. The standard InChI is InChI=1S/C23H25NO4/c1-25-20-12-19(13-21(14-20)26-2)24-15-18-9-10-22(23(11-18)27-3)28-16-17-7-5-4-6-8-17/h4-14,24H,15-16H2,1-3H3. The number of hydrogen-bond donors (Lipinski definition) is 1. The number of nitrogens with one attached hydrogen (secondary N) is 1. The second-order valence-corrected chi connectivity index (χ2v) is 6.21. The van der Waals surface area contributed by atoms with Crippen molar-refractivity contribution in [1.82, 2.24) is 0 Å². The van der Waals surface area contributed by atoms with Gasteiger partial charge in [0.1, 0.15) is 18.1 Å². The van der Waals surface area contributed by atoms with E-state index < -0.39 is 0 Å². The molecule has 0 atom stereocenters. The highest BCUT2D eigenvalue weighted by Gasteiger charge is 2.07. The lowest BCUT2D eigenvalue weighted by atomic mass is 10.2. The molecule has 0 heterocycles. The van der Waals surface area contributed by atoms with Crippen molar-refractivity contribution in [1.29, 1.82) is 0 Å². The first-order valence-corrected chi connectivity index (χ1v) is 9.02. The molecule has 0 unspecified atom stereocenters. The van der Waals surface area contributed by atoms with Gasteiger partial charge in [-0.1, -0.05) is 36.4 Å². The summed E-state index contributed by atoms with van der Waals surface area (Å²) in [6, 6.07) is 21.7. The van der Waals surface area contributed by atoms with E-state index in [2.05, 4.69) is 5.32 Å². The molecule has 0 aromatic heterocycles. The third-order valence-corrected chi connectivity index (χ3v) is 4.31. The van der Waals surface area contributed by atoms with Crippen LogP contribution < -0.4 is 24.3 Å². The molecular weight excluding hydrogens is 354 g/mol. The number of hydrogen-bond acceptors (Lipinski definition) is 5. The summed E-state index contributed by atoms with van der Waals surface area (Å²) < 4.78 is 22.0. The average Bonchev–Trinajstić information content (AvgIpc) is 2.76. The summed E-state index contributed by atoms with van der Waals surface area (Å²) in [5, 5.41) is 3.38. The van der Waals surface area contributed by atoms with Gasteiger partial charge in [0.05, 0.1) is 21.3 Å². The first-order valence-electron chi connectivity index (χ1n) is 9.02. The van der Waals surface area contributed by atoms with Gasteiger partial charge in [-0.25, -0.2) is 0 Å². The van der Waals surface area contributed by atoms with E-state index >= 15 is 0 Å². The Morgan fingerprint density at radius 3 is 2.04 bits per heavy atom. The molecule has 1 N–H and O–H groups in total. The van der Waals surface area contributed by atoms with Crippen molar-refractivity contribution in [2.45, 2.75) is 13.2 Å². The van der Waals surface area contributed by atoms with E-state index in [9.17, 15) is 0 Å². The minimum absolute atomic E-state index is 0.498. The van der Waals surface area contributed by atoms with E-state index in [0.717, 1.165) is 34.1 Å². The topological polar surface area (TPSA) is 49.0 Å². The van der Waals surface area contributed by atoms with E-state index in [-0.39, 0.29) is 0 Å². The Morgan fingerprint density at radius 2 is 1.39 bits per heavy atom. The van der Waals surface area contributed by atoms with E-state index in [1.807, 2.05) is 66.7 Å². The summed E-state index contributed by atoms with van der Waals surface area (Å²) in [6.07, 6.45) is 0. The Labute approximate surface area is 165 Å². The fourth-order valence-corrected chi connectivity index (χ4v) is 2.79. The number of benzene rings is 3. The monoisotopic (exact) mass is 379 g/mol. The van der Waals surface area contributed by atoms with Gasteiger partial charge in [0.25, 0.3) is 0 Å². The molecule has 0 spiro atoms. The quantitative estimate of drug-likeness (QED) is 0.573. The van der Waals surface area contributed by atoms with Crippen LogP contribution in [0.3, 0.4) is 0 Å². The minimum Gasteiger partial charge on any atom is -0.497 e. The maximum atomic E-state index is 5.91. The van der Waals surface area contributed by atoms with Crippen LogP contribution in [0.1, 0.15) is 11.1 Å². The van der Waals surface area contributed by atoms with Crippen molar-refractivity contribution >= 4 is 5.69 Å². The van der Waals surface area contributed by atoms with Crippen LogP contribution in [-0.2, 0) is 13.2 Å². The molecular formula is C23H25NO4. The maximum Gasteiger partial charge on any atom is 0.161 e. The van der Waals surface area contributed by atoms with Crippen LogP contribution in [0.5, 0.6) is 23.0 Å². The molecule has 0 saturated heterocycles. The molecule has 0 aliphatic heterocycles. The van der Waals surface area contributed by atoms with Gasteiger partial charge in [-0.05, 0) is 23.3 Å². The van der Waals surface area contributed by atoms with Gasteiger partial charge in [-0.15, -0.1) is 0 Å². The molecule has 0 bridgehead atoms. The first kappa shape index (κ1) is 19.4. The van der Waals surface area contributed by atoms with Gasteiger partial charge in [-0.3, -0.25) is 0 Å². The normalized spacial score (nSPS) is 10.2. The second kappa shape index (κ2) is 9.55. The Kier molecular flexibility index (Phi) is 6.63. The lowest BCUT2D eigenvalue weighted by molar-refractivity contribution is 0.284. The molecule has 0 aliphatic rings. The van der Waals surface area contributed by atoms with Crippen LogP contribution in [0.25, 0.3) is 0 Å². The van der Waals surface area contributed by atoms with Crippen LogP contribution in [0.4, 0.5) is 5.69 Å². The highest BCUT2D eigenvalue weighted by molar-refractivity contribution is 5.54. The first-order chi connectivity index (χ1) is 13.7. The van der Waals surface area contributed by atoms with Crippen LogP contribution >= 0.6 is 0 Å². The lowest BCUT2D eigenvalue weighted by Gasteiger charge is -2.14. The molecule has 0 radical (unpaired) electrons. The fraction of sp³-hybridized carbons (Fsp3) is 0.217. The summed E-state index contributed by atoms with van der Waals surface area (Å²) in [4.78, 5) is 0. The molecule has 0 amide bonds. The average molecular weight is 379 g/mol. The Morgan fingerprint density at radius 1 is 0.679 bits per heavy atom. The Bertz CT molecular complexity index is 874. The fourth-order valence-electron chi connectivity index (χ4n) is 2.79. The molecule has 3 rings (SSSR count). The van der Waals surface area contributed by atoms with Gasteiger partial charge in [-0.2, -0.15) is 0 Å². The second-order valence-electron chi connectivity index (χ2n) is 6.21. The molecule has 3 aromatic rings. The number of methoxy groups -OCH3 is 3.